The molecular weight excluding hydrogens is 308 g/mol. The lowest BCUT2D eigenvalue weighted by Gasteiger charge is -2.44. The van der Waals surface area contributed by atoms with E-state index >= 15 is 0 Å². The molecule has 6 nitrogen and oxygen atoms in total. The van der Waals surface area contributed by atoms with Gasteiger partial charge >= 0.3 is 0 Å². The first-order valence-electron chi connectivity index (χ1n) is 7.91. The highest BCUT2D eigenvalue weighted by Crippen LogP contribution is 2.25. The largest absolute Gasteiger partial charge is 0.352 e. The molecular formula is C16H24N6S. The van der Waals surface area contributed by atoms with Crippen LogP contribution in [-0.4, -0.2) is 51.5 Å². The summed E-state index contributed by atoms with van der Waals surface area (Å²) in [7, 11) is 2.15. The van der Waals surface area contributed by atoms with E-state index in [-0.39, 0.29) is 5.41 Å². The fourth-order valence-corrected chi connectivity index (χ4v) is 3.33. The minimum atomic E-state index is 0.0447. The number of likely N-dealkylation sites (N-methyl/N-ethyl adjacent to an activating group) is 1. The second-order valence-electron chi connectivity index (χ2n) is 7.22. The van der Waals surface area contributed by atoms with Crippen molar-refractivity contribution in [3.63, 3.8) is 0 Å². The Labute approximate surface area is 141 Å². The van der Waals surface area contributed by atoms with Gasteiger partial charge in [-0.2, -0.15) is 5.10 Å². The van der Waals surface area contributed by atoms with Crippen LogP contribution in [-0.2, 0) is 12.0 Å². The molecule has 1 aliphatic heterocycles. The van der Waals surface area contributed by atoms with Crippen LogP contribution in [0.3, 0.4) is 0 Å². The molecule has 0 atom stereocenters. The predicted octanol–water partition coefficient (Wildman–Crippen LogP) is 2.25. The van der Waals surface area contributed by atoms with Crippen LogP contribution in [0.1, 0.15) is 36.5 Å². The highest BCUT2D eigenvalue weighted by molar-refractivity contribution is 7.11. The maximum absolute atomic E-state index is 4.39. The smallest absolute Gasteiger partial charge is 0.151 e. The zero-order valence-electron chi connectivity index (χ0n) is 14.4. The molecule has 0 N–H and O–H groups in total. The normalized spacial score (nSPS) is 16.0. The zero-order chi connectivity index (χ0) is 16.6. The number of aryl methyl sites for hydroxylation is 1. The number of hydrogen-bond acceptors (Lipinski definition) is 7. The Hall–Kier alpha value is -1.60. The number of hydrogen-bond donors (Lipinski definition) is 0. The van der Waals surface area contributed by atoms with Crippen molar-refractivity contribution in [1.82, 2.24) is 25.3 Å². The van der Waals surface area contributed by atoms with Crippen LogP contribution in [0.2, 0.25) is 0 Å². The van der Waals surface area contributed by atoms with Gasteiger partial charge in [0.25, 0.3) is 0 Å². The zero-order valence-corrected chi connectivity index (χ0v) is 15.3. The second-order valence-corrected chi connectivity index (χ2v) is 8.48. The molecule has 0 aromatic carbocycles. The lowest BCUT2D eigenvalue weighted by Crippen LogP contribution is -2.58. The van der Waals surface area contributed by atoms with E-state index < -0.39 is 0 Å². The molecule has 0 bridgehead atoms. The van der Waals surface area contributed by atoms with Crippen LogP contribution < -0.4 is 4.90 Å². The van der Waals surface area contributed by atoms with Crippen LogP contribution in [0.15, 0.2) is 12.1 Å². The number of anilines is 1. The number of nitrogens with zero attached hydrogens (tertiary/aromatic N) is 6. The van der Waals surface area contributed by atoms with Crippen molar-refractivity contribution >= 4 is 17.2 Å². The van der Waals surface area contributed by atoms with Crippen LogP contribution in [0, 0.1) is 6.92 Å². The van der Waals surface area contributed by atoms with Crippen LogP contribution in [0.5, 0.6) is 0 Å². The predicted molar refractivity (Wildman–Crippen MR) is 92.8 cm³/mol. The van der Waals surface area contributed by atoms with Gasteiger partial charge in [-0.3, -0.25) is 4.90 Å². The molecule has 124 valence electrons. The Balaban J connectivity index is 1.54. The fraction of sp³-hybridized carbons (Fsp3) is 0.625. The lowest BCUT2D eigenvalue weighted by molar-refractivity contribution is 0.196. The molecule has 3 rings (SSSR count). The SMILES string of the molecule is Cc1nnc(CN(C)C2CN(c3ccc(C(C)(C)C)nn3)C2)s1. The number of rotatable bonds is 4. The first kappa shape index (κ1) is 16.3. The van der Waals surface area contributed by atoms with Gasteiger partial charge in [0.15, 0.2) is 5.82 Å². The van der Waals surface area contributed by atoms with E-state index in [9.17, 15) is 0 Å². The Morgan fingerprint density at radius 1 is 1.17 bits per heavy atom. The Kier molecular flexibility index (Phi) is 4.33. The minimum absolute atomic E-state index is 0.0447. The van der Waals surface area contributed by atoms with E-state index in [4.69, 9.17) is 0 Å². The molecule has 7 heteroatoms. The van der Waals surface area contributed by atoms with Crippen LogP contribution in [0.25, 0.3) is 0 Å². The standard InChI is InChI=1S/C16H24N6S/c1-11-17-20-15(23-11)10-21(5)12-8-22(9-12)14-7-6-13(18-19-14)16(2,3)4/h6-7,12H,8-10H2,1-5H3. The molecule has 1 aliphatic rings. The van der Waals surface area contributed by atoms with E-state index in [0.29, 0.717) is 6.04 Å². The Bertz CT molecular complexity index is 654. The third-order valence-corrected chi connectivity index (χ3v) is 5.00. The summed E-state index contributed by atoms with van der Waals surface area (Å²) < 4.78 is 0. The third kappa shape index (κ3) is 3.67. The van der Waals surface area contributed by atoms with Crippen molar-refractivity contribution in [3.8, 4) is 0 Å². The first-order chi connectivity index (χ1) is 10.8. The summed E-state index contributed by atoms with van der Waals surface area (Å²) in [6, 6.07) is 4.70. The molecule has 2 aromatic heterocycles. The van der Waals surface area contributed by atoms with E-state index in [1.165, 1.54) is 0 Å². The van der Waals surface area contributed by atoms with E-state index in [1.807, 2.05) is 6.92 Å². The average molecular weight is 332 g/mol. The highest BCUT2D eigenvalue weighted by atomic mass is 32.1. The van der Waals surface area contributed by atoms with Gasteiger partial charge in [0.2, 0.25) is 0 Å². The quantitative estimate of drug-likeness (QED) is 0.856. The van der Waals surface area contributed by atoms with Gasteiger partial charge in [-0.1, -0.05) is 20.8 Å². The Morgan fingerprint density at radius 3 is 2.43 bits per heavy atom. The van der Waals surface area contributed by atoms with Gasteiger partial charge < -0.3 is 4.90 Å². The van der Waals surface area contributed by atoms with Gasteiger partial charge in [-0.15, -0.1) is 26.6 Å². The first-order valence-corrected chi connectivity index (χ1v) is 8.73. The molecule has 23 heavy (non-hydrogen) atoms. The summed E-state index contributed by atoms with van der Waals surface area (Å²) in [6.07, 6.45) is 0. The maximum atomic E-state index is 4.39. The topological polar surface area (TPSA) is 58.0 Å². The highest BCUT2D eigenvalue weighted by Gasteiger charge is 2.31. The summed E-state index contributed by atoms with van der Waals surface area (Å²) in [5.74, 6) is 0.967. The van der Waals surface area contributed by atoms with Crippen molar-refractivity contribution in [2.45, 2.75) is 45.7 Å². The fourth-order valence-electron chi connectivity index (χ4n) is 2.56. The van der Waals surface area contributed by atoms with Crippen LogP contribution in [0.4, 0.5) is 5.82 Å². The van der Waals surface area contributed by atoms with E-state index in [1.54, 1.807) is 11.3 Å². The third-order valence-electron chi connectivity index (χ3n) is 4.18. The van der Waals surface area contributed by atoms with Gasteiger partial charge in [-0.25, -0.2) is 0 Å². The molecule has 3 heterocycles. The monoisotopic (exact) mass is 332 g/mol. The molecule has 0 amide bonds. The lowest BCUT2D eigenvalue weighted by atomic mass is 9.92. The van der Waals surface area contributed by atoms with Crippen molar-refractivity contribution < 1.29 is 0 Å². The van der Waals surface area contributed by atoms with Gasteiger partial charge in [0, 0.05) is 24.5 Å². The summed E-state index contributed by atoms with van der Waals surface area (Å²) in [6.45, 7) is 11.3. The minimum Gasteiger partial charge on any atom is -0.352 e. The number of aromatic nitrogens is 4. The molecule has 0 saturated carbocycles. The molecule has 1 saturated heterocycles. The molecule has 0 unspecified atom stereocenters. The molecule has 0 spiro atoms. The van der Waals surface area contributed by atoms with Crippen molar-refractivity contribution in [2.24, 2.45) is 0 Å². The maximum Gasteiger partial charge on any atom is 0.151 e. The molecule has 0 aliphatic carbocycles. The summed E-state index contributed by atoms with van der Waals surface area (Å²) in [4.78, 5) is 4.61. The second kappa shape index (κ2) is 6.13. The molecule has 0 radical (unpaired) electrons. The average Bonchev–Trinajstić information content (AvgIpc) is 2.82. The molecule has 2 aromatic rings. The Morgan fingerprint density at radius 2 is 1.91 bits per heavy atom. The van der Waals surface area contributed by atoms with Crippen LogP contribution >= 0.6 is 11.3 Å². The van der Waals surface area contributed by atoms with Crippen molar-refractivity contribution in [1.29, 1.82) is 0 Å². The summed E-state index contributed by atoms with van der Waals surface area (Å²) >= 11 is 1.67. The summed E-state index contributed by atoms with van der Waals surface area (Å²) in [5, 5.41) is 19.1. The van der Waals surface area contributed by atoms with Gasteiger partial charge in [-0.05, 0) is 26.1 Å². The van der Waals surface area contributed by atoms with E-state index in [2.05, 4.69) is 70.1 Å². The van der Waals surface area contributed by atoms with E-state index in [0.717, 1.165) is 41.2 Å². The van der Waals surface area contributed by atoms with Gasteiger partial charge in [0.1, 0.15) is 10.0 Å². The summed E-state index contributed by atoms with van der Waals surface area (Å²) in [5.41, 5.74) is 1.07. The van der Waals surface area contributed by atoms with Gasteiger partial charge in [0.05, 0.1) is 12.2 Å². The van der Waals surface area contributed by atoms with Crippen molar-refractivity contribution in [2.75, 3.05) is 25.0 Å². The van der Waals surface area contributed by atoms with Crippen molar-refractivity contribution in [3.05, 3.63) is 27.8 Å². The molecule has 1 fully saturated rings.